The molecule has 6 heteroatoms. The lowest BCUT2D eigenvalue weighted by atomic mass is 10.1. The molecule has 6 nitrogen and oxygen atoms in total. The normalized spacial score (nSPS) is 12.0. The molecule has 0 aliphatic heterocycles. The third kappa shape index (κ3) is 4.86. The molecule has 0 heterocycles. The first kappa shape index (κ1) is 16.0. The van der Waals surface area contributed by atoms with Crippen LogP contribution in [0.5, 0.6) is 0 Å². The molecule has 23 heavy (non-hydrogen) atoms. The predicted octanol–water partition coefficient (Wildman–Crippen LogP) is 3.91. The number of aliphatic hydroxyl groups is 1. The van der Waals surface area contributed by atoms with E-state index in [2.05, 4.69) is 10.3 Å². The van der Waals surface area contributed by atoms with E-state index in [0.29, 0.717) is 5.56 Å². The SMILES string of the molecule is N#[N+]/C=C(\O)[C@@H](NC(=O)OCc1ccccc1)c1ccccc1. The summed E-state index contributed by atoms with van der Waals surface area (Å²) in [5, 5.41) is 21.0. The van der Waals surface area contributed by atoms with E-state index in [1.807, 2.05) is 36.4 Å². The smallest absolute Gasteiger partial charge is 0.408 e. The first-order chi connectivity index (χ1) is 11.2. The van der Waals surface area contributed by atoms with Gasteiger partial charge in [-0.3, -0.25) is 0 Å². The molecule has 1 atom stereocenters. The van der Waals surface area contributed by atoms with Gasteiger partial charge < -0.3 is 15.2 Å². The van der Waals surface area contributed by atoms with Gasteiger partial charge in [-0.15, -0.1) is 0 Å². The Kier molecular flexibility index (Phi) is 5.72. The number of benzene rings is 2. The van der Waals surface area contributed by atoms with Crippen LogP contribution in [0.25, 0.3) is 4.98 Å². The topological polar surface area (TPSA) is 86.7 Å². The highest BCUT2D eigenvalue weighted by molar-refractivity contribution is 5.68. The molecule has 2 aromatic carbocycles. The fourth-order valence-electron chi connectivity index (χ4n) is 1.99. The Morgan fingerprint density at radius 2 is 1.78 bits per heavy atom. The zero-order valence-corrected chi connectivity index (χ0v) is 12.3. The summed E-state index contributed by atoms with van der Waals surface area (Å²) in [5.41, 5.74) is 1.48. The quantitative estimate of drug-likeness (QED) is 0.647. The number of carbonyl (C=O) groups excluding carboxylic acids is 1. The molecule has 0 radical (unpaired) electrons. The van der Waals surface area contributed by atoms with Crippen molar-refractivity contribution in [1.82, 2.24) is 5.32 Å². The average molecular weight is 310 g/mol. The van der Waals surface area contributed by atoms with E-state index < -0.39 is 12.1 Å². The molecule has 0 aliphatic carbocycles. The van der Waals surface area contributed by atoms with Crippen molar-refractivity contribution in [3.63, 3.8) is 0 Å². The molecular formula is C17H16N3O3+. The first-order valence-corrected chi connectivity index (χ1v) is 6.96. The van der Waals surface area contributed by atoms with Crippen LogP contribution in [0.4, 0.5) is 4.79 Å². The average Bonchev–Trinajstić information content (AvgIpc) is 2.59. The monoisotopic (exact) mass is 310 g/mol. The summed E-state index contributed by atoms with van der Waals surface area (Å²) < 4.78 is 5.13. The fourth-order valence-corrected chi connectivity index (χ4v) is 1.99. The minimum absolute atomic E-state index is 0.114. The Hall–Kier alpha value is -3.33. The molecule has 116 valence electrons. The summed E-state index contributed by atoms with van der Waals surface area (Å²) in [6.07, 6.45) is 0.162. The number of hydrogen-bond donors (Lipinski definition) is 2. The molecule has 1 amide bonds. The molecule has 0 unspecified atom stereocenters. The van der Waals surface area contributed by atoms with Crippen molar-refractivity contribution in [1.29, 1.82) is 5.39 Å². The molecule has 2 aromatic rings. The second kappa shape index (κ2) is 8.20. The van der Waals surface area contributed by atoms with Gasteiger partial charge in [0.2, 0.25) is 11.2 Å². The maximum absolute atomic E-state index is 11.9. The number of hydrogen-bond acceptors (Lipinski definition) is 4. The highest BCUT2D eigenvalue weighted by Gasteiger charge is 2.22. The van der Waals surface area contributed by atoms with Crippen LogP contribution in [-0.2, 0) is 11.3 Å². The molecule has 0 saturated heterocycles. The Morgan fingerprint density at radius 3 is 2.39 bits per heavy atom. The van der Waals surface area contributed by atoms with Gasteiger partial charge >= 0.3 is 12.3 Å². The number of diazo groups is 1. The van der Waals surface area contributed by atoms with Gasteiger partial charge in [0.1, 0.15) is 12.6 Å². The van der Waals surface area contributed by atoms with Crippen LogP contribution < -0.4 is 5.32 Å². The summed E-state index contributed by atoms with van der Waals surface area (Å²) in [4.78, 5) is 14.7. The largest absolute Gasteiger partial charge is 0.504 e. The second-order valence-electron chi connectivity index (χ2n) is 4.72. The zero-order chi connectivity index (χ0) is 16.5. The van der Waals surface area contributed by atoms with Crippen LogP contribution in [0.1, 0.15) is 17.2 Å². The number of carbonyl (C=O) groups is 1. The van der Waals surface area contributed by atoms with Crippen LogP contribution in [0.15, 0.2) is 72.6 Å². The van der Waals surface area contributed by atoms with Gasteiger partial charge in [0.25, 0.3) is 0 Å². The van der Waals surface area contributed by atoms with Gasteiger partial charge in [-0.2, -0.15) is 0 Å². The van der Waals surface area contributed by atoms with E-state index in [9.17, 15) is 9.90 Å². The Labute approximate surface area is 133 Å². The van der Waals surface area contributed by atoms with E-state index in [4.69, 9.17) is 10.1 Å². The maximum atomic E-state index is 11.9. The lowest BCUT2D eigenvalue weighted by molar-refractivity contribution is 0.134. The Morgan fingerprint density at radius 1 is 1.17 bits per heavy atom. The molecule has 0 spiro atoms. The van der Waals surface area contributed by atoms with Crippen LogP contribution in [-0.4, -0.2) is 11.2 Å². The molecule has 0 saturated carbocycles. The van der Waals surface area contributed by atoms with E-state index in [-0.39, 0.29) is 12.4 Å². The molecule has 0 fully saturated rings. The maximum Gasteiger partial charge on any atom is 0.408 e. The van der Waals surface area contributed by atoms with Crippen molar-refractivity contribution < 1.29 is 14.6 Å². The van der Waals surface area contributed by atoms with Crippen LogP contribution in [0.3, 0.4) is 0 Å². The van der Waals surface area contributed by atoms with E-state index >= 15 is 0 Å². The third-order valence-electron chi connectivity index (χ3n) is 3.09. The van der Waals surface area contributed by atoms with Crippen molar-refractivity contribution in [3.8, 4) is 0 Å². The summed E-state index contributed by atoms with van der Waals surface area (Å²) in [6, 6.07) is 17.2. The first-order valence-electron chi connectivity index (χ1n) is 6.96. The number of amides is 1. The van der Waals surface area contributed by atoms with Crippen LogP contribution in [0, 0.1) is 5.39 Å². The fraction of sp³-hybridized carbons (Fsp3) is 0.118. The molecule has 2 rings (SSSR count). The molecular weight excluding hydrogens is 294 g/mol. The van der Waals surface area contributed by atoms with Gasteiger partial charge in [0.05, 0.1) is 0 Å². The summed E-state index contributed by atoms with van der Waals surface area (Å²) in [6.45, 7) is 0.114. The Bertz CT molecular complexity index is 709. The highest BCUT2D eigenvalue weighted by atomic mass is 16.5. The summed E-state index contributed by atoms with van der Waals surface area (Å²) in [7, 11) is 0. The minimum Gasteiger partial charge on any atom is -0.504 e. The van der Waals surface area contributed by atoms with Gasteiger partial charge in [0, 0.05) is 0 Å². The number of rotatable bonds is 5. The van der Waals surface area contributed by atoms with Crippen molar-refractivity contribution in [2.45, 2.75) is 12.6 Å². The second-order valence-corrected chi connectivity index (χ2v) is 4.72. The van der Waals surface area contributed by atoms with Crippen molar-refractivity contribution >= 4 is 6.09 Å². The van der Waals surface area contributed by atoms with Crippen molar-refractivity contribution in [2.75, 3.05) is 0 Å². The number of nitrogens with zero attached hydrogens (tertiary/aromatic N) is 2. The minimum atomic E-state index is -0.865. The van der Waals surface area contributed by atoms with E-state index in [1.54, 1.807) is 24.3 Å². The van der Waals surface area contributed by atoms with Crippen LogP contribution >= 0.6 is 0 Å². The molecule has 2 N–H and O–H groups in total. The third-order valence-corrected chi connectivity index (χ3v) is 3.09. The Balaban J connectivity index is 2.04. The van der Waals surface area contributed by atoms with Gasteiger partial charge in [-0.1, -0.05) is 60.7 Å². The van der Waals surface area contributed by atoms with Gasteiger partial charge in [-0.05, 0) is 11.1 Å². The van der Waals surface area contributed by atoms with Crippen LogP contribution in [0.2, 0.25) is 0 Å². The standard InChI is InChI=1S/C17H15N3O3/c18-19-11-15(21)16(14-9-5-2-6-10-14)20-17(22)23-12-13-7-3-1-4-8-13/h1-11,16H,12H2,(H-,20,21,22)/p+1/b15-11-/t16-/m0/s1. The molecule has 0 aromatic heterocycles. The lowest BCUT2D eigenvalue weighted by Crippen LogP contribution is -2.30. The highest BCUT2D eigenvalue weighted by Crippen LogP contribution is 2.20. The summed E-state index contributed by atoms with van der Waals surface area (Å²) in [5.74, 6) is -0.310. The number of aliphatic hydroxyl groups excluding tert-OH is 1. The van der Waals surface area contributed by atoms with Crippen molar-refractivity contribution in [3.05, 3.63) is 88.7 Å². The van der Waals surface area contributed by atoms with Gasteiger partial charge in [0.15, 0.2) is 4.98 Å². The van der Waals surface area contributed by atoms with E-state index in [1.165, 1.54) is 0 Å². The number of alkyl carbamates (subject to hydrolysis) is 1. The van der Waals surface area contributed by atoms with Gasteiger partial charge in [-0.25, -0.2) is 4.79 Å². The number of ether oxygens (including phenoxy) is 1. The molecule has 0 aliphatic rings. The lowest BCUT2D eigenvalue weighted by Gasteiger charge is -2.16. The molecule has 0 bridgehead atoms. The summed E-state index contributed by atoms with van der Waals surface area (Å²) >= 11 is 0. The van der Waals surface area contributed by atoms with E-state index in [0.717, 1.165) is 11.8 Å². The zero-order valence-electron chi connectivity index (χ0n) is 12.3. The van der Waals surface area contributed by atoms with Crippen molar-refractivity contribution in [2.24, 2.45) is 0 Å². The predicted molar refractivity (Wildman–Crippen MR) is 84.7 cm³/mol. The number of nitrogens with one attached hydrogen (secondary N) is 1.